The minimum absolute atomic E-state index is 0.0750. The maximum atomic E-state index is 14.3. The molecule has 1 amide bonds. The summed E-state index contributed by atoms with van der Waals surface area (Å²) in [6, 6.07) is 11.4. The Morgan fingerprint density at radius 1 is 1.24 bits per heavy atom. The van der Waals surface area contributed by atoms with Gasteiger partial charge in [0, 0.05) is 52.0 Å². The highest BCUT2D eigenvalue weighted by Crippen LogP contribution is 2.38. The first kappa shape index (κ1) is 23.3. The van der Waals surface area contributed by atoms with Crippen molar-refractivity contribution in [2.75, 3.05) is 24.5 Å². The number of pyridine rings is 1. The van der Waals surface area contributed by atoms with E-state index in [1.54, 1.807) is 36.4 Å². The van der Waals surface area contributed by atoms with Crippen LogP contribution in [0.15, 0.2) is 72.4 Å². The van der Waals surface area contributed by atoms with E-state index >= 15 is 0 Å². The summed E-state index contributed by atoms with van der Waals surface area (Å²) in [7, 11) is 0. The molecule has 3 heterocycles. The van der Waals surface area contributed by atoms with E-state index in [2.05, 4.69) is 16.5 Å². The number of carbonyl (C=O) groups is 1. The lowest BCUT2D eigenvalue weighted by atomic mass is 9.97. The van der Waals surface area contributed by atoms with Crippen LogP contribution in [0.4, 0.5) is 10.2 Å². The van der Waals surface area contributed by atoms with Gasteiger partial charge in [0.2, 0.25) is 0 Å². The summed E-state index contributed by atoms with van der Waals surface area (Å²) >= 11 is 6.96. The number of hydrogen-bond donors (Lipinski definition) is 0. The van der Waals surface area contributed by atoms with E-state index in [1.165, 1.54) is 27.8 Å². The number of aromatic nitrogens is 3. The number of fused-ring (bicyclic) bond motifs is 1. The topological polar surface area (TPSA) is 71.3 Å². The predicted molar refractivity (Wildman–Crippen MR) is 168 cm³/mol. The van der Waals surface area contributed by atoms with Crippen molar-refractivity contribution in [2.24, 2.45) is 0 Å². The van der Waals surface area contributed by atoms with Gasteiger partial charge < -0.3 is 9.80 Å². The Kier molecular flexibility index (Phi) is 6.39. The lowest BCUT2D eigenvalue weighted by molar-refractivity contribution is -0.129. The van der Waals surface area contributed by atoms with E-state index in [0.29, 0.717) is 33.3 Å². The van der Waals surface area contributed by atoms with Crippen LogP contribution in [-0.4, -0.2) is 51.0 Å². The largest absolute Gasteiger partial charge is 0.354 e. The van der Waals surface area contributed by atoms with Crippen LogP contribution in [0.5, 0.6) is 0 Å². The summed E-state index contributed by atoms with van der Waals surface area (Å²) in [5.41, 5.74) is 1.58. The molecule has 0 N–H and O–H groups in total. The van der Waals surface area contributed by atoms with Crippen molar-refractivity contribution in [3.63, 3.8) is 0 Å². The van der Waals surface area contributed by atoms with E-state index in [9.17, 15) is 14.0 Å². The molecule has 1 fully saturated rings. The number of anilines is 1. The molecular weight excluding hydrogens is 553 g/mol. The highest BCUT2D eigenvalue weighted by Gasteiger charge is 2.31. The van der Waals surface area contributed by atoms with E-state index in [1.807, 2.05) is 25.7 Å². The number of aryl methyl sites for hydroxylation is 1. The molecule has 5 rings (SSSR count). The van der Waals surface area contributed by atoms with Crippen LogP contribution >= 0.6 is 11.6 Å². The van der Waals surface area contributed by atoms with Crippen LogP contribution in [0, 0.1) is 6.85 Å². The minimum Gasteiger partial charge on any atom is -0.350 e. The molecule has 0 radical (unpaired) electrons. The Hall–Kier alpha value is -4.30. The fraction of sp³-hybridized carbons (Fsp3) is 0.273. The van der Waals surface area contributed by atoms with Crippen molar-refractivity contribution >= 4 is 40.3 Å². The first-order valence-electron chi connectivity index (χ1n) is 16.0. The Balaban J connectivity index is 1.86. The smallest absolute Gasteiger partial charge is 0.350 e. The van der Waals surface area contributed by atoms with Crippen LogP contribution in [0.25, 0.3) is 33.8 Å². The third kappa shape index (κ3) is 5.11. The van der Waals surface area contributed by atoms with Crippen molar-refractivity contribution in [1.82, 2.24) is 19.4 Å². The van der Waals surface area contributed by atoms with Gasteiger partial charge in [-0.2, -0.15) is 4.98 Å². The lowest BCUT2D eigenvalue weighted by Gasteiger charge is -2.40. The molecule has 2 aromatic heterocycles. The van der Waals surface area contributed by atoms with Gasteiger partial charge in [0.1, 0.15) is 5.82 Å². The number of halogens is 2. The molecule has 4 aromatic rings. The SMILES string of the molecule is [2H]C([2H])=Cc1ccccc1-c1cc2c(cc1Cl)c(N1CCN(C(=O)C(=C)F)C[C@@H]1C)nc(=O)n2-c1c(C([2H])([2H])[2H])ccnc1C(C)C. The number of piperazine rings is 1. The number of nitrogens with zero attached hydrogens (tertiary/aromatic N) is 5. The average molecular weight is 591 g/mol. The Morgan fingerprint density at radius 2 is 2.02 bits per heavy atom. The zero-order valence-electron chi connectivity index (χ0n) is 28.5. The molecule has 1 aliphatic rings. The number of rotatable bonds is 6. The monoisotopic (exact) mass is 590 g/mol. The second-order valence-electron chi connectivity index (χ2n) is 10.6. The molecule has 2 aromatic carbocycles. The number of amides is 1. The third-order valence-corrected chi connectivity index (χ3v) is 7.82. The van der Waals surface area contributed by atoms with E-state index in [-0.39, 0.29) is 47.6 Å². The van der Waals surface area contributed by atoms with Gasteiger partial charge in [-0.3, -0.25) is 14.3 Å². The second-order valence-corrected chi connectivity index (χ2v) is 11.0. The molecule has 0 unspecified atom stereocenters. The third-order valence-electron chi connectivity index (χ3n) is 7.51. The van der Waals surface area contributed by atoms with Crippen LogP contribution in [0.1, 0.15) is 50.4 Å². The van der Waals surface area contributed by atoms with Crippen LogP contribution in [0.2, 0.25) is 5.02 Å². The van der Waals surface area contributed by atoms with Gasteiger partial charge in [-0.1, -0.05) is 68.9 Å². The maximum absolute atomic E-state index is 14.3. The highest BCUT2D eigenvalue weighted by molar-refractivity contribution is 6.34. The molecule has 1 aliphatic heterocycles. The molecule has 42 heavy (non-hydrogen) atoms. The van der Waals surface area contributed by atoms with Crippen LogP contribution < -0.4 is 10.6 Å². The number of benzene rings is 2. The molecular formula is C33H33ClFN5O2. The maximum Gasteiger partial charge on any atom is 0.354 e. The fourth-order valence-corrected chi connectivity index (χ4v) is 5.76. The normalized spacial score (nSPS) is 17.3. The van der Waals surface area contributed by atoms with Gasteiger partial charge in [0.15, 0.2) is 5.83 Å². The van der Waals surface area contributed by atoms with Crippen molar-refractivity contribution in [3.8, 4) is 16.8 Å². The average Bonchev–Trinajstić information content (AvgIpc) is 2.99. The highest BCUT2D eigenvalue weighted by atomic mass is 35.5. The Morgan fingerprint density at radius 3 is 2.71 bits per heavy atom. The van der Waals surface area contributed by atoms with Crippen molar-refractivity contribution < 1.29 is 16.0 Å². The van der Waals surface area contributed by atoms with Gasteiger partial charge >= 0.3 is 5.69 Å². The van der Waals surface area contributed by atoms with E-state index < -0.39 is 36.8 Å². The standard InChI is InChI=1S/C33H33ClFN5O2/c1-7-23-10-8-9-11-24(23)25-17-28-26(16-27(25)34)31(39-15-14-38(18-21(39)5)32(41)22(6)35)37-33(42)40(28)30-20(4)12-13-36-29(30)19(2)3/h7-13,16-17,19,21H,1,6,14-15,18H2,2-5H3/t21-/m0/s1/i1D2,4D3. The van der Waals surface area contributed by atoms with Crippen LogP contribution in [-0.2, 0) is 4.79 Å². The molecule has 1 atom stereocenters. The van der Waals surface area contributed by atoms with Crippen molar-refractivity contribution in [1.29, 1.82) is 0 Å². The molecule has 0 aliphatic carbocycles. The Labute approximate surface area is 256 Å². The summed E-state index contributed by atoms with van der Waals surface area (Å²) in [5, 5.41) is 0.717. The summed E-state index contributed by atoms with van der Waals surface area (Å²) < 4.78 is 55.4. The molecule has 1 saturated heterocycles. The predicted octanol–water partition coefficient (Wildman–Crippen LogP) is 6.70. The second kappa shape index (κ2) is 11.5. The van der Waals surface area contributed by atoms with E-state index in [0.717, 1.165) is 0 Å². The first-order chi connectivity index (χ1) is 22.1. The molecule has 7 nitrogen and oxygen atoms in total. The first-order valence-corrected chi connectivity index (χ1v) is 13.9. The molecule has 0 bridgehead atoms. The zero-order chi connectivity index (χ0) is 34.4. The quantitative estimate of drug-likeness (QED) is 0.234. The molecule has 0 saturated carbocycles. The van der Waals surface area contributed by atoms with Crippen molar-refractivity contribution in [3.05, 3.63) is 99.9 Å². The number of hydrogen-bond acceptors (Lipinski definition) is 5. The van der Waals surface area contributed by atoms with Gasteiger partial charge in [-0.25, -0.2) is 9.18 Å². The number of carbonyl (C=O) groups excluding carboxylic acids is 1. The molecule has 9 heteroatoms. The Bertz CT molecular complexity index is 1990. The summed E-state index contributed by atoms with van der Waals surface area (Å²) in [5.74, 6) is -1.86. The van der Waals surface area contributed by atoms with Gasteiger partial charge in [0.05, 0.1) is 19.6 Å². The van der Waals surface area contributed by atoms with E-state index in [4.69, 9.17) is 18.5 Å². The summed E-state index contributed by atoms with van der Waals surface area (Å²) in [6.07, 6.45) is 2.79. The zero-order valence-corrected chi connectivity index (χ0v) is 24.2. The fourth-order valence-electron chi connectivity index (χ4n) is 5.50. The van der Waals surface area contributed by atoms with Gasteiger partial charge in [-0.05, 0) is 54.6 Å². The van der Waals surface area contributed by atoms with Gasteiger partial charge in [0.25, 0.3) is 5.91 Å². The minimum atomic E-state index is -2.60. The van der Waals surface area contributed by atoms with Crippen LogP contribution in [0.3, 0.4) is 0 Å². The summed E-state index contributed by atoms with van der Waals surface area (Å²) in [4.78, 5) is 38.8. The summed E-state index contributed by atoms with van der Waals surface area (Å²) in [6.45, 7) is 6.14. The van der Waals surface area contributed by atoms with Crippen molar-refractivity contribution in [2.45, 2.75) is 39.6 Å². The lowest BCUT2D eigenvalue weighted by Crippen LogP contribution is -2.54. The molecule has 0 spiro atoms. The van der Waals surface area contributed by atoms with Gasteiger partial charge in [-0.15, -0.1) is 0 Å². The molecule has 216 valence electrons.